The lowest BCUT2D eigenvalue weighted by Crippen LogP contribution is -2.10. The maximum absolute atomic E-state index is 11.9. The molecule has 1 heterocycles. The summed E-state index contributed by atoms with van der Waals surface area (Å²) in [5.41, 5.74) is 2.57. The van der Waals surface area contributed by atoms with Crippen molar-refractivity contribution in [1.29, 1.82) is 0 Å². The van der Waals surface area contributed by atoms with Crippen LogP contribution in [0.2, 0.25) is 0 Å². The van der Waals surface area contributed by atoms with Crippen molar-refractivity contribution in [3.8, 4) is 0 Å². The molecule has 0 radical (unpaired) electrons. The molecule has 2 aromatic rings. The molecule has 0 atom stereocenters. The molecule has 4 nitrogen and oxygen atoms in total. The van der Waals surface area contributed by atoms with Gasteiger partial charge in [0.25, 0.3) is 0 Å². The van der Waals surface area contributed by atoms with Gasteiger partial charge in [-0.1, -0.05) is 55.7 Å². The normalized spacial score (nSPS) is 10.6. The summed E-state index contributed by atoms with van der Waals surface area (Å²) >= 11 is 3.09. The van der Waals surface area contributed by atoms with Crippen molar-refractivity contribution in [2.75, 3.05) is 5.32 Å². The molecular formula is C16H21N3OS2. The Balaban J connectivity index is 1.72. The van der Waals surface area contributed by atoms with Gasteiger partial charge >= 0.3 is 0 Å². The van der Waals surface area contributed by atoms with E-state index < -0.39 is 0 Å². The van der Waals surface area contributed by atoms with Gasteiger partial charge in [0.1, 0.15) is 5.51 Å². The summed E-state index contributed by atoms with van der Waals surface area (Å²) in [5.74, 6) is 0.0982. The standard InChI is InChI=1S/C16H21N3OS2/c1-2-3-4-5-6-7-15(20)18-13-8-10-14(11-9-13)22-16-19-17-12-21-16/h8-12H,2-7H2,1H3,(H,18,20). The van der Waals surface area contributed by atoms with Crippen LogP contribution in [0.3, 0.4) is 0 Å². The topological polar surface area (TPSA) is 54.9 Å². The first kappa shape index (κ1) is 17.0. The molecule has 1 amide bonds. The van der Waals surface area contributed by atoms with E-state index in [1.54, 1.807) is 17.3 Å². The van der Waals surface area contributed by atoms with Gasteiger partial charge in [0.2, 0.25) is 5.91 Å². The number of benzene rings is 1. The molecule has 0 fully saturated rings. The second-order valence-electron chi connectivity index (χ2n) is 5.04. The molecule has 6 heteroatoms. The maximum Gasteiger partial charge on any atom is 0.224 e. The van der Waals surface area contributed by atoms with Crippen LogP contribution in [0, 0.1) is 0 Å². The Labute approximate surface area is 139 Å². The second-order valence-corrected chi connectivity index (χ2v) is 7.20. The summed E-state index contributed by atoms with van der Waals surface area (Å²) < 4.78 is 0.920. The third kappa shape index (κ3) is 6.15. The first-order chi connectivity index (χ1) is 10.8. The Morgan fingerprint density at radius 1 is 1.18 bits per heavy atom. The highest BCUT2D eigenvalue weighted by molar-refractivity contribution is 8.01. The molecule has 0 aliphatic heterocycles. The summed E-state index contributed by atoms with van der Waals surface area (Å²) in [7, 11) is 0. The van der Waals surface area contributed by atoms with Gasteiger partial charge in [-0.3, -0.25) is 4.79 Å². The number of nitrogens with one attached hydrogen (secondary N) is 1. The molecule has 118 valence electrons. The molecule has 0 spiro atoms. The van der Waals surface area contributed by atoms with E-state index in [2.05, 4.69) is 22.4 Å². The van der Waals surface area contributed by atoms with E-state index in [1.165, 1.54) is 30.6 Å². The molecule has 22 heavy (non-hydrogen) atoms. The Kier molecular flexibility index (Phi) is 7.39. The van der Waals surface area contributed by atoms with Crippen LogP contribution in [-0.4, -0.2) is 16.1 Å². The first-order valence-corrected chi connectivity index (χ1v) is 9.31. The fourth-order valence-corrected chi connectivity index (χ4v) is 3.48. The van der Waals surface area contributed by atoms with E-state index in [0.29, 0.717) is 6.42 Å². The van der Waals surface area contributed by atoms with Crippen molar-refractivity contribution in [3.05, 3.63) is 29.8 Å². The Hall–Kier alpha value is -1.40. The molecule has 0 bridgehead atoms. The summed E-state index contributed by atoms with van der Waals surface area (Å²) in [4.78, 5) is 12.9. The van der Waals surface area contributed by atoms with Gasteiger partial charge in [0, 0.05) is 17.0 Å². The smallest absolute Gasteiger partial charge is 0.224 e. The zero-order valence-electron chi connectivity index (χ0n) is 12.7. The molecule has 0 aliphatic rings. The maximum atomic E-state index is 11.9. The zero-order chi connectivity index (χ0) is 15.6. The molecule has 2 rings (SSSR count). The van der Waals surface area contributed by atoms with E-state index >= 15 is 0 Å². The first-order valence-electron chi connectivity index (χ1n) is 7.62. The molecule has 0 saturated heterocycles. The molecule has 0 aliphatic carbocycles. The average Bonchev–Trinajstić information content (AvgIpc) is 3.02. The van der Waals surface area contributed by atoms with Gasteiger partial charge in [-0.2, -0.15) is 0 Å². The highest BCUT2D eigenvalue weighted by Gasteiger charge is 2.04. The Morgan fingerprint density at radius 3 is 2.64 bits per heavy atom. The number of carbonyl (C=O) groups is 1. The zero-order valence-corrected chi connectivity index (χ0v) is 14.4. The third-order valence-corrected chi connectivity index (χ3v) is 4.98. The number of nitrogens with zero attached hydrogens (tertiary/aromatic N) is 2. The van der Waals surface area contributed by atoms with Crippen LogP contribution in [0.5, 0.6) is 0 Å². The fraction of sp³-hybridized carbons (Fsp3) is 0.438. The summed E-state index contributed by atoms with van der Waals surface area (Å²) in [6.07, 6.45) is 6.42. The summed E-state index contributed by atoms with van der Waals surface area (Å²) in [6.45, 7) is 2.19. The van der Waals surface area contributed by atoms with Gasteiger partial charge in [0.15, 0.2) is 4.34 Å². The largest absolute Gasteiger partial charge is 0.326 e. The number of anilines is 1. The molecule has 1 aromatic heterocycles. The molecular weight excluding hydrogens is 314 g/mol. The Bertz CT molecular complexity index is 555. The minimum absolute atomic E-state index is 0.0982. The number of rotatable bonds is 9. The van der Waals surface area contributed by atoms with E-state index in [0.717, 1.165) is 27.8 Å². The van der Waals surface area contributed by atoms with Crippen LogP contribution >= 0.6 is 23.1 Å². The minimum Gasteiger partial charge on any atom is -0.326 e. The van der Waals surface area contributed by atoms with Gasteiger partial charge < -0.3 is 5.32 Å². The van der Waals surface area contributed by atoms with Gasteiger partial charge in [-0.15, -0.1) is 10.2 Å². The van der Waals surface area contributed by atoms with Crippen LogP contribution < -0.4 is 5.32 Å². The quantitative estimate of drug-likeness (QED) is 0.656. The fourth-order valence-electron chi connectivity index (χ4n) is 2.03. The molecule has 1 N–H and O–H groups in total. The predicted molar refractivity (Wildman–Crippen MR) is 92.5 cm³/mol. The van der Waals surface area contributed by atoms with Crippen LogP contribution in [0.4, 0.5) is 5.69 Å². The lowest BCUT2D eigenvalue weighted by molar-refractivity contribution is -0.116. The van der Waals surface area contributed by atoms with E-state index in [9.17, 15) is 4.79 Å². The van der Waals surface area contributed by atoms with Crippen molar-refractivity contribution in [1.82, 2.24) is 10.2 Å². The number of carbonyl (C=O) groups excluding carboxylic acids is 1. The highest BCUT2D eigenvalue weighted by atomic mass is 32.2. The van der Waals surface area contributed by atoms with Crippen LogP contribution in [0.25, 0.3) is 0 Å². The number of amides is 1. The predicted octanol–water partition coefficient (Wildman–Crippen LogP) is 4.99. The molecule has 0 saturated carbocycles. The second kappa shape index (κ2) is 9.58. The van der Waals surface area contributed by atoms with Crippen molar-refractivity contribution < 1.29 is 4.79 Å². The number of unbranched alkanes of at least 4 members (excludes halogenated alkanes) is 4. The third-order valence-electron chi connectivity index (χ3n) is 3.19. The minimum atomic E-state index is 0.0982. The molecule has 0 unspecified atom stereocenters. The van der Waals surface area contributed by atoms with Crippen molar-refractivity contribution in [2.24, 2.45) is 0 Å². The van der Waals surface area contributed by atoms with Gasteiger partial charge in [-0.05, 0) is 30.7 Å². The van der Waals surface area contributed by atoms with E-state index in [-0.39, 0.29) is 5.91 Å². The lowest BCUT2D eigenvalue weighted by Gasteiger charge is -2.06. The Morgan fingerprint density at radius 2 is 1.95 bits per heavy atom. The average molecular weight is 335 g/mol. The van der Waals surface area contributed by atoms with Crippen LogP contribution in [0.15, 0.2) is 39.0 Å². The van der Waals surface area contributed by atoms with Gasteiger partial charge in [0.05, 0.1) is 0 Å². The van der Waals surface area contributed by atoms with E-state index in [4.69, 9.17) is 0 Å². The lowest BCUT2D eigenvalue weighted by atomic mass is 10.1. The van der Waals surface area contributed by atoms with E-state index in [1.807, 2.05) is 24.3 Å². The van der Waals surface area contributed by atoms with Crippen molar-refractivity contribution >= 4 is 34.7 Å². The number of aromatic nitrogens is 2. The highest BCUT2D eigenvalue weighted by Crippen LogP contribution is 2.29. The van der Waals surface area contributed by atoms with Crippen molar-refractivity contribution in [2.45, 2.75) is 54.7 Å². The van der Waals surface area contributed by atoms with Gasteiger partial charge in [-0.25, -0.2) is 0 Å². The summed E-state index contributed by atoms with van der Waals surface area (Å²) in [5, 5.41) is 10.8. The number of hydrogen-bond acceptors (Lipinski definition) is 5. The molecule has 1 aromatic carbocycles. The summed E-state index contributed by atoms with van der Waals surface area (Å²) in [6, 6.07) is 7.84. The SMILES string of the molecule is CCCCCCCC(=O)Nc1ccc(Sc2nncs2)cc1. The van der Waals surface area contributed by atoms with Crippen molar-refractivity contribution in [3.63, 3.8) is 0 Å². The number of hydrogen-bond donors (Lipinski definition) is 1. The monoisotopic (exact) mass is 335 g/mol. The van der Waals surface area contributed by atoms with Crippen LogP contribution in [-0.2, 0) is 4.79 Å². The van der Waals surface area contributed by atoms with Crippen LogP contribution in [0.1, 0.15) is 45.4 Å².